The summed E-state index contributed by atoms with van der Waals surface area (Å²) in [5, 5.41) is 6.32. The van der Waals surface area contributed by atoms with Gasteiger partial charge < -0.3 is 20.4 Å². The number of nitrogens with one attached hydrogen (secondary N) is 2. The number of benzene rings is 2. The molecule has 2 aliphatic heterocycles. The highest BCUT2D eigenvalue weighted by Gasteiger charge is 2.22. The molecule has 0 saturated carbocycles. The second kappa shape index (κ2) is 9.13. The minimum Gasteiger partial charge on any atom is -0.352 e. The largest absolute Gasteiger partial charge is 0.352 e. The number of anilines is 2. The molecule has 2 aromatic heterocycles. The van der Waals surface area contributed by atoms with E-state index in [0.717, 1.165) is 72.1 Å². The monoisotopic (exact) mass is 480 g/mol. The first-order valence-corrected chi connectivity index (χ1v) is 12.4. The number of carbonyl (C=O) groups excluding carboxylic acids is 2. The number of piperazine rings is 1. The SMILES string of the molecule is CCN1CCN(C(=O)c2ccc(Nc3ccc(-c4ccc5c(c4)CNC5=O)n4ccnc34)cc2)CC1. The Kier molecular flexibility index (Phi) is 5.65. The van der Waals surface area contributed by atoms with Gasteiger partial charge in [0, 0.05) is 61.9 Å². The van der Waals surface area contributed by atoms with Crippen molar-refractivity contribution in [2.24, 2.45) is 0 Å². The first-order chi connectivity index (χ1) is 17.6. The molecule has 0 bridgehead atoms. The van der Waals surface area contributed by atoms with Crippen LogP contribution in [-0.2, 0) is 6.54 Å². The van der Waals surface area contributed by atoms with Crippen LogP contribution in [-0.4, -0.2) is 63.7 Å². The fraction of sp³-hybridized carbons (Fsp3) is 0.250. The van der Waals surface area contributed by atoms with Crippen LogP contribution in [0.2, 0.25) is 0 Å². The number of likely N-dealkylation sites (N-methyl/N-ethyl adjacent to an activating group) is 1. The summed E-state index contributed by atoms with van der Waals surface area (Å²) < 4.78 is 2.04. The molecule has 8 heteroatoms. The molecule has 2 aliphatic rings. The van der Waals surface area contributed by atoms with Crippen LogP contribution in [0.15, 0.2) is 67.0 Å². The van der Waals surface area contributed by atoms with Crippen LogP contribution in [0.25, 0.3) is 16.9 Å². The minimum absolute atomic E-state index is 0.0179. The highest BCUT2D eigenvalue weighted by atomic mass is 16.2. The average Bonchev–Trinajstić information content (AvgIpc) is 3.56. The summed E-state index contributed by atoms with van der Waals surface area (Å²) in [6.07, 6.45) is 3.72. The molecule has 4 aromatic rings. The number of amides is 2. The molecule has 36 heavy (non-hydrogen) atoms. The number of aromatic nitrogens is 2. The van der Waals surface area contributed by atoms with Crippen LogP contribution in [0.3, 0.4) is 0 Å². The topological polar surface area (TPSA) is 82.0 Å². The van der Waals surface area contributed by atoms with E-state index in [1.165, 1.54) is 0 Å². The van der Waals surface area contributed by atoms with Gasteiger partial charge in [-0.2, -0.15) is 0 Å². The predicted molar refractivity (Wildman–Crippen MR) is 140 cm³/mol. The molecule has 182 valence electrons. The summed E-state index contributed by atoms with van der Waals surface area (Å²) in [5.74, 6) is 0.0687. The summed E-state index contributed by atoms with van der Waals surface area (Å²) in [4.78, 5) is 33.7. The molecule has 0 radical (unpaired) electrons. The molecular weight excluding hydrogens is 452 g/mol. The van der Waals surface area contributed by atoms with Crippen molar-refractivity contribution in [2.45, 2.75) is 13.5 Å². The number of carbonyl (C=O) groups is 2. The number of rotatable bonds is 5. The summed E-state index contributed by atoms with van der Waals surface area (Å²) in [6, 6.07) is 17.6. The first-order valence-electron chi connectivity index (χ1n) is 12.4. The molecule has 0 unspecified atom stereocenters. The molecule has 1 fully saturated rings. The molecule has 2 N–H and O–H groups in total. The van der Waals surface area contributed by atoms with Gasteiger partial charge in [0.25, 0.3) is 11.8 Å². The van der Waals surface area contributed by atoms with Gasteiger partial charge >= 0.3 is 0 Å². The van der Waals surface area contributed by atoms with Crippen LogP contribution in [0.5, 0.6) is 0 Å². The van der Waals surface area contributed by atoms with Gasteiger partial charge in [-0.1, -0.05) is 13.0 Å². The molecule has 0 spiro atoms. The van der Waals surface area contributed by atoms with Crippen LogP contribution in [0.4, 0.5) is 11.4 Å². The summed E-state index contributed by atoms with van der Waals surface area (Å²) in [7, 11) is 0. The van der Waals surface area contributed by atoms with Crippen molar-refractivity contribution in [1.82, 2.24) is 24.5 Å². The molecule has 2 aromatic carbocycles. The van der Waals surface area contributed by atoms with Crippen LogP contribution >= 0.6 is 0 Å². The molecule has 2 amide bonds. The van der Waals surface area contributed by atoms with Crippen molar-refractivity contribution >= 4 is 28.8 Å². The Hall–Kier alpha value is -4.17. The lowest BCUT2D eigenvalue weighted by Gasteiger charge is -2.34. The first kappa shape index (κ1) is 22.3. The van der Waals surface area contributed by atoms with Gasteiger partial charge in [0.1, 0.15) is 0 Å². The van der Waals surface area contributed by atoms with Crippen molar-refractivity contribution in [2.75, 3.05) is 38.0 Å². The molecular formula is C28H28N6O2. The van der Waals surface area contributed by atoms with Crippen LogP contribution in [0, 0.1) is 0 Å². The van der Waals surface area contributed by atoms with Gasteiger partial charge in [-0.05, 0) is 66.2 Å². The van der Waals surface area contributed by atoms with Crippen molar-refractivity contribution < 1.29 is 9.59 Å². The fourth-order valence-corrected chi connectivity index (χ4v) is 5.04. The Bertz CT molecular complexity index is 1450. The van der Waals surface area contributed by atoms with Crippen molar-refractivity contribution in [3.05, 3.63) is 83.7 Å². The van der Waals surface area contributed by atoms with Gasteiger partial charge in [0.15, 0.2) is 5.65 Å². The molecule has 1 saturated heterocycles. The second-order valence-corrected chi connectivity index (χ2v) is 9.24. The highest BCUT2D eigenvalue weighted by molar-refractivity contribution is 5.99. The zero-order chi connectivity index (χ0) is 24.6. The maximum Gasteiger partial charge on any atom is 0.253 e. The third-order valence-corrected chi connectivity index (χ3v) is 7.15. The number of nitrogens with zero attached hydrogens (tertiary/aromatic N) is 4. The van der Waals surface area contributed by atoms with Crippen molar-refractivity contribution in [1.29, 1.82) is 0 Å². The molecule has 8 nitrogen and oxygen atoms in total. The Labute approximate surface area is 209 Å². The lowest BCUT2D eigenvalue weighted by molar-refractivity contribution is 0.0643. The molecule has 6 rings (SSSR count). The zero-order valence-corrected chi connectivity index (χ0v) is 20.2. The minimum atomic E-state index is -0.0179. The van der Waals surface area contributed by atoms with Gasteiger partial charge in [-0.3, -0.25) is 14.0 Å². The number of imidazole rings is 1. The molecule has 4 heterocycles. The van der Waals surface area contributed by atoms with Gasteiger partial charge in [-0.25, -0.2) is 4.98 Å². The van der Waals surface area contributed by atoms with E-state index < -0.39 is 0 Å². The summed E-state index contributed by atoms with van der Waals surface area (Å²) >= 11 is 0. The van der Waals surface area contributed by atoms with E-state index in [9.17, 15) is 9.59 Å². The third-order valence-electron chi connectivity index (χ3n) is 7.15. The highest BCUT2D eigenvalue weighted by Crippen LogP contribution is 2.30. The maximum atomic E-state index is 12.9. The van der Waals surface area contributed by atoms with E-state index in [4.69, 9.17) is 0 Å². The number of hydrogen-bond donors (Lipinski definition) is 2. The third kappa shape index (κ3) is 3.99. The Balaban J connectivity index is 1.21. The maximum absolute atomic E-state index is 12.9. The van der Waals surface area contributed by atoms with Crippen molar-refractivity contribution in [3.63, 3.8) is 0 Å². The van der Waals surface area contributed by atoms with E-state index in [2.05, 4.69) is 39.6 Å². The fourth-order valence-electron chi connectivity index (χ4n) is 5.04. The Morgan fingerprint density at radius 2 is 1.83 bits per heavy atom. The zero-order valence-electron chi connectivity index (χ0n) is 20.2. The lowest BCUT2D eigenvalue weighted by atomic mass is 10.0. The quantitative estimate of drug-likeness (QED) is 0.455. The second-order valence-electron chi connectivity index (χ2n) is 9.24. The number of hydrogen-bond acceptors (Lipinski definition) is 5. The van der Waals surface area contributed by atoms with E-state index in [1.807, 2.05) is 58.0 Å². The number of fused-ring (bicyclic) bond motifs is 2. The van der Waals surface area contributed by atoms with E-state index in [1.54, 1.807) is 6.20 Å². The van der Waals surface area contributed by atoms with Gasteiger partial charge in [-0.15, -0.1) is 0 Å². The van der Waals surface area contributed by atoms with Crippen molar-refractivity contribution in [3.8, 4) is 11.3 Å². The van der Waals surface area contributed by atoms with E-state index in [-0.39, 0.29) is 11.8 Å². The smallest absolute Gasteiger partial charge is 0.253 e. The standard InChI is InChI=1S/C28H28N6O2/c1-2-32-13-15-33(16-14-32)28(36)19-3-6-22(7-4-19)31-24-9-10-25(34-12-11-29-26(24)34)20-5-8-23-21(17-20)18-30-27(23)35/h3-12,17,31H,2,13-16,18H2,1H3,(H,30,35). The number of pyridine rings is 1. The van der Waals surface area contributed by atoms with E-state index in [0.29, 0.717) is 12.1 Å². The Morgan fingerprint density at radius 3 is 2.61 bits per heavy atom. The predicted octanol–water partition coefficient (Wildman–Crippen LogP) is 3.77. The van der Waals surface area contributed by atoms with Gasteiger partial charge in [0.05, 0.1) is 11.4 Å². The Morgan fingerprint density at radius 1 is 1.03 bits per heavy atom. The average molecular weight is 481 g/mol. The van der Waals surface area contributed by atoms with Crippen LogP contribution in [0.1, 0.15) is 33.2 Å². The summed E-state index contributed by atoms with van der Waals surface area (Å²) in [6.45, 7) is 7.14. The van der Waals surface area contributed by atoms with E-state index >= 15 is 0 Å². The van der Waals surface area contributed by atoms with Gasteiger partial charge in [0.2, 0.25) is 0 Å². The van der Waals surface area contributed by atoms with Crippen LogP contribution < -0.4 is 10.6 Å². The normalized spacial score (nSPS) is 15.7. The lowest BCUT2D eigenvalue weighted by Crippen LogP contribution is -2.48. The molecule has 0 atom stereocenters. The molecule has 0 aliphatic carbocycles. The summed E-state index contributed by atoms with van der Waals surface area (Å²) in [5.41, 5.74) is 7.05.